The molecular formula is C12H16O2. The van der Waals surface area contributed by atoms with Crippen LogP contribution in [0, 0.1) is 0 Å². The molecule has 0 saturated heterocycles. The first-order chi connectivity index (χ1) is 6.83. The molecule has 1 heterocycles. The molecule has 0 saturated carbocycles. The van der Waals surface area contributed by atoms with Gasteiger partial charge < -0.3 is 9.84 Å². The summed E-state index contributed by atoms with van der Waals surface area (Å²) in [5, 5.41) is 9.62. The molecule has 0 amide bonds. The van der Waals surface area contributed by atoms with Crippen LogP contribution in [0.15, 0.2) is 35.1 Å². The maximum absolute atomic E-state index is 9.62. The Labute approximate surface area is 84.6 Å². The van der Waals surface area contributed by atoms with Crippen LogP contribution < -0.4 is 0 Å². The normalized spacial score (nSPS) is 28.1. The molecule has 1 aliphatic carbocycles. The molecular weight excluding hydrogens is 176 g/mol. The molecule has 0 aromatic heterocycles. The fraction of sp³-hybridized carbons (Fsp3) is 0.500. The minimum absolute atomic E-state index is 0.732. The molecule has 0 radical (unpaired) electrons. The largest absolute Gasteiger partial charge is 0.461 e. The van der Waals surface area contributed by atoms with E-state index in [4.69, 9.17) is 4.74 Å². The number of aliphatic hydroxyl groups is 1. The summed E-state index contributed by atoms with van der Waals surface area (Å²) in [5.41, 5.74) is 2.16. The Bertz CT molecular complexity index is 310. The molecule has 1 unspecified atom stereocenters. The van der Waals surface area contributed by atoms with Crippen LogP contribution in [0.4, 0.5) is 0 Å². The Hall–Kier alpha value is -1.02. The molecule has 0 aromatic rings. The summed E-state index contributed by atoms with van der Waals surface area (Å²) >= 11 is 0. The summed E-state index contributed by atoms with van der Waals surface area (Å²) in [6.45, 7) is 2.14. The van der Waals surface area contributed by atoms with Gasteiger partial charge in [0.2, 0.25) is 6.29 Å². The van der Waals surface area contributed by atoms with Crippen molar-refractivity contribution in [1.29, 1.82) is 0 Å². The van der Waals surface area contributed by atoms with Gasteiger partial charge >= 0.3 is 0 Å². The molecule has 1 aliphatic heterocycles. The minimum Gasteiger partial charge on any atom is -0.461 e. The summed E-state index contributed by atoms with van der Waals surface area (Å²) in [7, 11) is 0. The van der Waals surface area contributed by atoms with Crippen molar-refractivity contribution in [3.63, 3.8) is 0 Å². The maximum atomic E-state index is 9.62. The highest BCUT2D eigenvalue weighted by molar-refractivity contribution is 5.45. The fourth-order valence-electron chi connectivity index (χ4n) is 1.88. The highest BCUT2D eigenvalue weighted by atomic mass is 16.6. The summed E-state index contributed by atoms with van der Waals surface area (Å²) in [6.07, 6.45) is 9.61. The van der Waals surface area contributed by atoms with Crippen molar-refractivity contribution in [3.05, 3.63) is 35.1 Å². The van der Waals surface area contributed by atoms with Crippen molar-refractivity contribution in [2.75, 3.05) is 0 Å². The second-order valence-electron chi connectivity index (χ2n) is 3.70. The first kappa shape index (κ1) is 9.53. The average molecular weight is 192 g/mol. The predicted molar refractivity (Wildman–Crippen MR) is 55.5 cm³/mol. The quantitative estimate of drug-likeness (QED) is 0.728. The number of hydrogen-bond acceptors (Lipinski definition) is 2. The van der Waals surface area contributed by atoms with Gasteiger partial charge in [0.25, 0.3) is 0 Å². The molecule has 1 N–H and O–H groups in total. The smallest absolute Gasteiger partial charge is 0.224 e. The van der Waals surface area contributed by atoms with E-state index in [0.717, 1.165) is 37.0 Å². The van der Waals surface area contributed by atoms with Gasteiger partial charge in [0.05, 0.1) is 0 Å². The maximum Gasteiger partial charge on any atom is 0.224 e. The third kappa shape index (κ3) is 1.62. The molecule has 2 nitrogen and oxygen atoms in total. The monoisotopic (exact) mass is 192 g/mol. The van der Waals surface area contributed by atoms with Gasteiger partial charge in [-0.15, -0.1) is 0 Å². The molecule has 2 heteroatoms. The van der Waals surface area contributed by atoms with Gasteiger partial charge in [0.15, 0.2) is 0 Å². The van der Waals surface area contributed by atoms with E-state index in [1.54, 1.807) is 0 Å². The van der Waals surface area contributed by atoms with E-state index < -0.39 is 6.29 Å². The van der Waals surface area contributed by atoms with Gasteiger partial charge in [0.1, 0.15) is 5.76 Å². The zero-order chi connectivity index (χ0) is 9.97. The Kier molecular flexibility index (Phi) is 2.73. The minimum atomic E-state index is -0.732. The van der Waals surface area contributed by atoms with Crippen LogP contribution in [0.25, 0.3) is 0 Å². The molecule has 14 heavy (non-hydrogen) atoms. The predicted octanol–water partition coefficient (Wildman–Crippen LogP) is 2.67. The third-order valence-electron chi connectivity index (χ3n) is 2.63. The Morgan fingerprint density at radius 1 is 1.64 bits per heavy atom. The number of ether oxygens (including phenoxy) is 1. The van der Waals surface area contributed by atoms with E-state index in [0.29, 0.717) is 0 Å². The fourth-order valence-corrected chi connectivity index (χ4v) is 1.88. The molecule has 76 valence electrons. The molecule has 0 fully saturated rings. The molecule has 1 atom stereocenters. The highest BCUT2D eigenvalue weighted by Gasteiger charge is 2.28. The van der Waals surface area contributed by atoms with Crippen LogP contribution in [0.1, 0.15) is 32.6 Å². The lowest BCUT2D eigenvalue weighted by Crippen LogP contribution is -2.06. The van der Waals surface area contributed by atoms with Gasteiger partial charge in [-0.05, 0) is 25.3 Å². The zero-order valence-electron chi connectivity index (χ0n) is 8.49. The van der Waals surface area contributed by atoms with Crippen molar-refractivity contribution < 1.29 is 9.84 Å². The van der Waals surface area contributed by atoms with Crippen LogP contribution in [0.2, 0.25) is 0 Å². The van der Waals surface area contributed by atoms with Crippen LogP contribution >= 0.6 is 0 Å². The number of allylic oxidation sites excluding steroid dienone is 3. The zero-order valence-corrected chi connectivity index (χ0v) is 8.49. The molecule has 0 aromatic carbocycles. The molecule has 2 rings (SSSR count). The summed E-state index contributed by atoms with van der Waals surface area (Å²) < 4.78 is 5.40. The molecule has 2 aliphatic rings. The van der Waals surface area contributed by atoms with E-state index in [9.17, 15) is 5.11 Å². The first-order valence-electron chi connectivity index (χ1n) is 5.27. The second kappa shape index (κ2) is 4.01. The summed E-state index contributed by atoms with van der Waals surface area (Å²) in [6, 6.07) is 0. The van der Waals surface area contributed by atoms with E-state index in [2.05, 4.69) is 19.1 Å². The lowest BCUT2D eigenvalue weighted by molar-refractivity contribution is -0.0164. The Morgan fingerprint density at radius 2 is 2.50 bits per heavy atom. The number of hydrogen-bond donors (Lipinski definition) is 1. The van der Waals surface area contributed by atoms with Gasteiger partial charge in [0, 0.05) is 11.1 Å². The van der Waals surface area contributed by atoms with E-state index in [-0.39, 0.29) is 0 Å². The second-order valence-corrected chi connectivity index (χ2v) is 3.70. The van der Waals surface area contributed by atoms with Crippen molar-refractivity contribution in [2.24, 2.45) is 0 Å². The average Bonchev–Trinajstić information content (AvgIpc) is 2.54. The third-order valence-corrected chi connectivity index (χ3v) is 2.63. The van der Waals surface area contributed by atoms with Crippen molar-refractivity contribution in [1.82, 2.24) is 0 Å². The van der Waals surface area contributed by atoms with Crippen LogP contribution in [-0.2, 0) is 4.74 Å². The first-order valence-corrected chi connectivity index (χ1v) is 5.27. The van der Waals surface area contributed by atoms with E-state index in [1.165, 1.54) is 5.57 Å². The standard InChI is InChI=1S/C12H16O2/c1-2-3-8-11-9-6-4-5-7-10(9)12(13)14-11/h5,7-8,12-13H,2-4,6H2,1H3/b11-8+. The van der Waals surface area contributed by atoms with Crippen LogP contribution in [-0.4, -0.2) is 11.4 Å². The lowest BCUT2D eigenvalue weighted by Gasteiger charge is -2.06. The Balaban J connectivity index is 2.23. The van der Waals surface area contributed by atoms with Gasteiger partial charge in [-0.3, -0.25) is 0 Å². The number of unbranched alkanes of at least 4 members (excludes halogenated alkanes) is 1. The molecule has 0 bridgehead atoms. The van der Waals surface area contributed by atoms with Crippen molar-refractivity contribution in [2.45, 2.75) is 38.9 Å². The number of aliphatic hydroxyl groups excluding tert-OH is 1. The van der Waals surface area contributed by atoms with Gasteiger partial charge in [-0.25, -0.2) is 0 Å². The SMILES string of the molecule is CCC/C=C1/OC(O)C2=C1CCC=C2. The van der Waals surface area contributed by atoms with E-state index in [1.807, 2.05) is 6.08 Å². The van der Waals surface area contributed by atoms with Crippen LogP contribution in [0.3, 0.4) is 0 Å². The van der Waals surface area contributed by atoms with Crippen LogP contribution in [0.5, 0.6) is 0 Å². The summed E-state index contributed by atoms with van der Waals surface area (Å²) in [4.78, 5) is 0. The van der Waals surface area contributed by atoms with Gasteiger partial charge in [-0.1, -0.05) is 25.5 Å². The number of rotatable bonds is 2. The van der Waals surface area contributed by atoms with Gasteiger partial charge in [-0.2, -0.15) is 0 Å². The lowest BCUT2D eigenvalue weighted by atomic mass is 9.97. The molecule has 0 spiro atoms. The van der Waals surface area contributed by atoms with Crippen molar-refractivity contribution in [3.8, 4) is 0 Å². The van der Waals surface area contributed by atoms with Crippen molar-refractivity contribution >= 4 is 0 Å². The summed E-state index contributed by atoms with van der Waals surface area (Å²) in [5.74, 6) is 0.902. The topological polar surface area (TPSA) is 29.5 Å². The highest BCUT2D eigenvalue weighted by Crippen LogP contribution is 2.35. The van der Waals surface area contributed by atoms with E-state index >= 15 is 0 Å². The Morgan fingerprint density at radius 3 is 3.29 bits per heavy atom.